The van der Waals surface area contributed by atoms with Crippen LogP contribution in [-0.2, 0) is 6.42 Å². The summed E-state index contributed by atoms with van der Waals surface area (Å²) in [6.07, 6.45) is 10.1. The Bertz CT molecular complexity index is 1510. The van der Waals surface area contributed by atoms with Crippen molar-refractivity contribution in [3.63, 3.8) is 0 Å². The van der Waals surface area contributed by atoms with Crippen LogP contribution in [0.4, 0.5) is 23.4 Å². The van der Waals surface area contributed by atoms with E-state index in [1.807, 2.05) is 6.20 Å². The SMILES string of the molecule is CCc1csc2c(-n3nc(Nc4cnc(N5CCN([C@H]6C[C@@H]7CC[C@H]6C7)C(C)C5)c(C)c4)nc3N)ncnc12. The van der Waals surface area contributed by atoms with Crippen LogP contribution < -0.4 is 16.0 Å². The normalized spacial score (nSPS) is 25.2. The molecule has 5 heterocycles. The summed E-state index contributed by atoms with van der Waals surface area (Å²) in [6, 6.07) is 3.46. The summed E-state index contributed by atoms with van der Waals surface area (Å²) in [4.78, 5) is 23.5. The van der Waals surface area contributed by atoms with E-state index in [4.69, 9.17) is 10.7 Å². The zero-order chi connectivity index (χ0) is 26.7. The van der Waals surface area contributed by atoms with Crippen molar-refractivity contribution in [2.45, 2.75) is 65.0 Å². The molecule has 4 atom stereocenters. The minimum atomic E-state index is 0.271. The summed E-state index contributed by atoms with van der Waals surface area (Å²) in [6.45, 7) is 9.80. The zero-order valence-electron chi connectivity index (χ0n) is 22.8. The van der Waals surface area contributed by atoms with Crippen LogP contribution in [0, 0.1) is 18.8 Å². The van der Waals surface area contributed by atoms with Crippen molar-refractivity contribution >= 4 is 45.0 Å². The molecule has 3 aliphatic rings. The first-order valence-electron chi connectivity index (χ1n) is 14.2. The number of nitrogens with one attached hydrogen (secondary N) is 1. The van der Waals surface area contributed by atoms with Gasteiger partial charge in [-0.15, -0.1) is 16.4 Å². The lowest BCUT2D eigenvalue weighted by Crippen LogP contribution is -2.56. The predicted molar refractivity (Wildman–Crippen MR) is 156 cm³/mol. The Kier molecular flexibility index (Phi) is 6.15. The van der Waals surface area contributed by atoms with Gasteiger partial charge < -0.3 is 16.0 Å². The van der Waals surface area contributed by atoms with Gasteiger partial charge in [0.15, 0.2) is 5.82 Å². The highest BCUT2D eigenvalue weighted by Crippen LogP contribution is 2.47. The van der Waals surface area contributed by atoms with Gasteiger partial charge in [-0.1, -0.05) is 13.3 Å². The average molecular weight is 545 g/mol. The number of piperazine rings is 1. The molecule has 2 saturated carbocycles. The van der Waals surface area contributed by atoms with E-state index in [1.54, 1.807) is 22.3 Å². The molecule has 0 aromatic carbocycles. The smallest absolute Gasteiger partial charge is 0.248 e. The van der Waals surface area contributed by atoms with Crippen LogP contribution in [0.5, 0.6) is 0 Å². The molecule has 3 N–H and O–H groups in total. The fourth-order valence-corrected chi connectivity index (χ4v) is 8.27. The van der Waals surface area contributed by atoms with Crippen molar-refractivity contribution < 1.29 is 0 Å². The van der Waals surface area contributed by atoms with E-state index >= 15 is 0 Å². The number of hydrogen-bond donors (Lipinski definition) is 2. The van der Waals surface area contributed by atoms with Gasteiger partial charge in [0.1, 0.15) is 12.1 Å². The third-order valence-corrected chi connectivity index (χ3v) is 10.0. The second-order valence-corrected chi connectivity index (χ2v) is 12.3. The molecule has 1 aliphatic heterocycles. The molecule has 0 radical (unpaired) electrons. The fourth-order valence-electron chi connectivity index (χ4n) is 7.19. The van der Waals surface area contributed by atoms with Gasteiger partial charge in [0.2, 0.25) is 11.9 Å². The summed E-state index contributed by atoms with van der Waals surface area (Å²) >= 11 is 1.60. The first-order valence-corrected chi connectivity index (χ1v) is 15.0. The first-order chi connectivity index (χ1) is 19.0. The van der Waals surface area contributed by atoms with Crippen molar-refractivity contribution in [1.82, 2.24) is 34.6 Å². The number of thiophene rings is 1. The van der Waals surface area contributed by atoms with E-state index in [2.05, 4.69) is 67.4 Å². The van der Waals surface area contributed by atoms with E-state index < -0.39 is 0 Å². The molecule has 1 unspecified atom stereocenters. The highest BCUT2D eigenvalue weighted by molar-refractivity contribution is 7.17. The number of nitrogen functional groups attached to an aromatic ring is 1. The molecule has 2 bridgehead atoms. The van der Waals surface area contributed by atoms with E-state index in [9.17, 15) is 0 Å². The van der Waals surface area contributed by atoms with Crippen molar-refractivity contribution in [2.75, 3.05) is 35.6 Å². The van der Waals surface area contributed by atoms with Crippen LogP contribution in [-0.4, -0.2) is 66.3 Å². The molecule has 1 saturated heterocycles. The van der Waals surface area contributed by atoms with Crippen molar-refractivity contribution in [2.24, 2.45) is 11.8 Å². The van der Waals surface area contributed by atoms with Crippen molar-refractivity contribution in [3.05, 3.63) is 35.1 Å². The Hall–Kier alpha value is -3.31. The standard InChI is InChI=1S/C28H36N10S/c1-4-19-14-39-24-23(19)31-15-32-26(24)38-27(29)34-28(35-38)33-21-9-16(2)25(30-12-21)36-7-8-37(17(3)13-36)22-11-18-5-6-20(22)10-18/h9,12,14-15,17-18,20,22H,4-8,10-11,13H2,1-3H3,(H3,29,33,34,35)/t17?,18-,20+,22+/m1/s1. The highest BCUT2D eigenvalue weighted by Gasteiger charge is 2.44. The van der Waals surface area contributed by atoms with Crippen LogP contribution >= 0.6 is 11.3 Å². The number of rotatable bonds is 6. The maximum absolute atomic E-state index is 6.27. The molecular weight excluding hydrogens is 508 g/mol. The van der Waals surface area contributed by atoms with Crippen molar-refractivity contribution in [3.8, 4) is 5.82 Å². The monoisotopic (exact) mass is 544 g/mol. The number of pyridine rings is 1. The zero-order valence-corrected chi connectivity index (χ0v) is 23.7. The van der Waals surface area contributed by atoms with Crippen molar-refractivity contribution in [1.29, 1.82) is 0 Å². The lowest BCUT2D eigenvalue weighted by Gasteiger charge is -2.46. The Balaban J connectivity index is 1.06. The largest absolute Gasteiger partial charge is 0.368 e. The number of aryl methyl sites for hydroxylation is 2. The maximum atomic E-state index is 6.27. The molecule has 4 aromatic heterocycles. The highest BCUT2D eigenvalue weighted by atomic mass is 32.1. The number of nitrogens with two attached hydrogens (primary N) is 1. The second kappa shape index (κ2) is 9.71. The Morgan fingerprint density at radius 2 is 2.03 bits per heavy atom. The summed E-state index contributed by atoms with van der Waals surface area (Å²) in [5, 5.41) is 10.0. The van der Waals surface area contributed by atoms with Gasteiger partial charge in [-0.05, 0) is 73.9 Å². The quantitative estimate of drug-likeness (QED) is 0.360. The molecule has 3 fully saturated rings. The first kappa shape index (κ1) is 24.7. The van der Waals surface area contributed by atoms with Gasteiger partial charge in [-0.2, -0.15) is 9.67 Å². The third-order valence-electron chi connectivity index (χ3n) is 9.03. The third kappa shape index (κ3) is 4.31. The van der Waals surface area contributed by atoms with Crippen LogP contribution in [0.3, 0.4) is 0 Å². The Labute approximate surface area is 232 Å². The van der Waals surface area contributed by atoms with Gasteiger partial charge >= 0.3 is 0 Å². The summed E-state index contributed by atoms with van der Waals surface area (Å²) in [5.41, 5.74) is 10.4. The molecule has 204 valence electrons. The fraction of sp³-hybridized carbons (Fsp3) is 0.536. The number of hydrogen-bond acceptors (Lipinski definition) is 10. The molecule has 39 heavy (non-hydrogen) atoms. The topological polar surface area (TPSA) is 114 Å². The van der Waals surface area contributed by atoms with E-state index in [1.165, 1.54) is 31.2 Å². The van der Waals surface area contributed by atoms with Crippen LogP contribution in [0.2, 0.25) is 0 Å². The second-order valence-electron chi connectivity index (χ2n) is 11.5. The lowest BCUT2D eigenvalue weighted by molar-refractivity contribution is 0.0899. The predicted octanol–water partition coefficient (Wildman–Crippen LogP) is 4.56. The van der Waals surface area contributed by atoms with E-state index in [0.29, 0.717) is 17.8 Å². The molecule has 0 amide bonds. The molecule has 11 heteroatoms. The van der Waals surface area contributed by atoms with Gasteiger partial charge in [0.05, 0.1) is 22.1 Å². The van der Waals surface area contributed by atoms with Crippen LogP contribution in [0.1, 0.15) is 50.7 Å². The van der Waals surface area contributed by atoms with E-state index in [0.717, 1.165) is 71.2 Å². The van der Waals surface area contributed by atoms with E-state index in [-0.39, 0.29) is 5.95 Å². The van der Waals surface area contributed by atoms with Crippen LogP contribution in [0.25, 0.3) is 16.0 Å². The number of fused-ring (bicyclic) bond motifs is 3. The Morgan fingerprint density at radius 3 is 2.77 bits per heavy atom. The minimum absolute atomic E-state index is 0.271. The minimum Gasteiger partial charge on any atom is -0.368 e. The summed E-state index contributed by atoms with van der Waals surface area (Å²) in [5.74, 6) is 4.30. The average Bonchev–Trinajstić information content (AvgIpc) is 3.72. The van der Waals surface area contributed by atoms with Crippen LogP contribution in [0.15, 0.2) is 24.0 Å². The van der Waals surface area contributed by atoms with Gasteiger partial charge in [0, 0.05) is 31.7 Å². The van der Waals surface area contributed by atoms with Gasteiger partial charge in [-0.3, -0.25) is 4.90 Å². The molecule has 7 rings (SSSR count). The van der Waals surface area contributed by atoms with Gasteiger partial charge in [0.25, 0.3) is 0 Å². The maximum Gasteiger partial charge on any atom is 0.248 e. The summed E-state index contributed by atoms with van der Waals surface area (Å²) in [7, 11) is 0. The number of aromatic nitrogens is 6. The molecule has 0 spiro atoms. The summed E-state index contributed by atoms with van der Waals surface area (Å²) < 4.78 is 2.53. The molecular formula is C28H36N10S. The Morgan fingerprint density at radius 1 is 1.13 bits per heavy atom. The lowest BCUT2D eigenvalue weighted by atomic mass is 9.92. The molecule has 2 aliphatic carbocycles. The number of nitrogens with zero attached hydrogens (tertiary/aromatic N) is 8. The molecule has 4 aromatic rings. The molecule has 10 nitrogen and oxygen atoms in total. The number of anilines is 4. The van der Waals surface area contributed by atoms with Gasteiger partial charge in [-0.25, -0.2) is 15.0 Å².